The van der Waals surface area contributed by atoms with E-state index in [0.29, 0.717) is 11.8 Å². The smallest absolute Gasteiger partial charge is 0.0673 e. The van der Waals surface area contributed by atoms with Crippen LogP contribution in [0.1, 0.15) is 27.7 Å². The number of hydrogen-bond acceptors (Lipinski definition) is 4. The maximum atomic E-state index is 4.23. The molecule has 0 aliphatic carbocycles. The van der Waals surface area contributed by atoms with Crippen LogP contribution < -0.4 is 3.71 Å². The third kappa shape index (κ3) is 4.82. The second-order valence-electron chi connectivity index (χ2n) is 6.01. The fraction of sp³-hybridized carbons (Fsp3) is 0.471. The Bertz CT molecular complexity index is 552. The predicted molar refractivity (Wildman–Crippen MR) is 98.8 cm³/mol. The van der Waals surface area contributed by atoms with E-state index in [1.807, 2.05) is 36.3 Å². The van der Waals surface area contributed by atoms with Gasteiger partial charge in [0.15, 0.2) is 0 Å². The summed E-state index contributed by atoms with van der Waals surface area (Å²) in [5, 5.41) is 2.48. The molecule has 0 radical (unpaired) electrons. The van der Waals surface area contributed by atoms with Crippen LogP contribution in [0.5, 0.6) is 0 Å². The lowest BCUT2D eigenvalue weighted by molar-refractivity contribution is 0.748. The second kappa shape index (κ2) is 7.95. The summed E-state index contributed by atoms with van der Waals surface area (Å²) in [6, 6.07) is 8.58. The van der Waals surface area contributed by atoms with Crippen molar-refractivity contribution in [2.75, 3.05) is 15.2 Å². The van der Waals surface area contributed by atoms with E-state index in [-0.39, 0.29) is 0 Å². The number of benzene rings is 1. The van der Waals surface area contributed by atoms with E-state index in [2.05, 4.69) is 60.7 Å². The highest BCUT2D eigenvalue weighted by Crippen LogP contribution is 2.37. The number of fused-ring (bicyclic) bond motifs is 1. The zero-order valence-corrected chi connectivity index (χ0v) is 14.9. The van der Waals surface area contributed by atoms with Crippen molar-refractivity contribution in [2.45, 2.75) is 27.7 Å². The number of hydrogen-bond donors (Lipinski definition) is 0. The zero-order valence-electron chi connectivity index (χ0n) is 13.2. The molecule has 0 aliphatic heterocycles. The van der Waals surface area contributed by atoms with E-state index in [1.165, 1.54) is 16.5 Å². The minimum atomic E-state index is 0.689. The molecule has 0 atom stereocenters. The van der Waals surface area contributed by atoms with Gasteiger partial charge < -0.3 is 0 Å². The average Bonchev–Trinajstić information content (AvgIpc) is 2.46. The summed E-state index contributed by atoms with van der Waals surface area (Å²) >= 11 is 3.83. The normalized spacial score (nSPS) is 11.5. The molecule has 0 unspecified atom stereocenters. The zero-order chi connectivity index (χ0) is 15.2. The van der Waals surface area contributed by atoms with Crippen molar-refractivity contribution in [3.05, 3.63) is 36.7 Å². The van der Waals surface area contributed by atoms with Crippen molar-refractivity contribution in [2.24, 2.45) is 11.8 Å². The first-order valence-electron chi connectivity index (χ1n) is 7.46. The van der Waals surface area contributed by atoms with Gasteiger partial charge in [0.25, 0.3) is 0 Å². The van der Waals surface area contributed by atoms with E-state index < -0.39 is 0 Å². The standard InChI is InChI=1S/C17H24N2S2/c1-13(2)11-20-19(21-12-14(3)4)17-7-5-6-15-10-18-9-8-16(15)17/h5-10,13-14H,11-12H2,1-4H3. The molecule has 1 heterocycles. The van der Waals surface area contributed by atoms with Crippen LogP contribution in [0.15, 0.2) is 36.7 Å². The van der Waals surface area contributed by atoms with Crippen LogP contribution >= 0.6 is 23.9 Å². The topological polar surface area (TPSA) is 16.1 Å². The Hall–Kier alpha value is -0.870. The molecule has 0 N–H and O–H groups in total. The van der Waals surface area contributed by atoms with Gasteiger partial charge in [-0.15, -0.1) is 0 Å². The Balaban J connectivity index is 2.28. The molecular weight excluding hydrogens is 296 g/mol. The van der Waals surface area contributed by atoms with E-state index in [4.69, 9.17) is 0 Å². The fourth-order valence-corrected chi connectivity index (χ4v) is 4.00. The highest BCUT2D eigenvalue weighted by Gasteiger charge is 2.13. The molecular formula is C17H24N2S2. The Morgan fingerprint density at radius 1 is 1.00 bits per heavy atom. The summed E-state index contributed by atoms with van der Waals surface area (Å²) < 4.78 is 2.39. The largest absolute Gasteiger partial charge is 0.264 e. The number of aromatic nitrogens is 1. The summed E-state index contributed by atoms with van der Waals surface area (Å²) in [7, 11) is 0. The lowest BCUT2D eigenvalue weighted by Crippen LogP contribution is -2.10. The van der Waals surface area contributed by atoms with Gasteiger partial charge >= 0.3 is 0 Å². The molecule has 0 amide bonds. The minimum absolute atomic E-state index is 0.689. The maximum Gasteiger partial charge on any atom is 0.0673 e. The summed E-state index contributed by atoms with van der Waals surface area (Å²) in [6.07, 6.45) is 3.82. The van der Waals surface area contributed by atoms with Gasteiger partial charge in [-0.1, -0.05) is 39.8 Å². The predicted octanol–water partition coefficient (Wildman–Crippen LogP) is 5.65. The summed E-state index contributed by atoms with van der Waals surface area (Å²) in [4.78, 5) is 4.23. The van der Waals surface area contributed by atoms with Gasteiger partial charge in [-0.3, -0.25) is 8.69 Å². The highest BCUT2D eigenvalue weighted by atomic mass is 32.2. The number of rotatable bonds is 7. The Morgan fingerprint density at radius 2 is 1.67 bits per heavy atom. The molecule has 0 fully saturated rings. The summed E-state index contributed by atoms with van der Waals surface area (Å²) in [6.45, 7) is 9.08. The molecule has 2 aromatic rings. The molecule has 2 nitrogen and oxygen atoms in total. The molecule has 114 valence electrons. The lowest BCUT2D eigenvalue weighted by atomic mass is 10.1. The minimum Gasteiger partial charge on any atom is -0.264 e. The van der Waals surface area contributed by atoms with Gasteiger partial charge in [-0.2, -0.15) is 0 Å². The van der Waals surface area contributed by atoms with Gasteiger partial charge in [0.05, 0.1) is 5.69 Å². The summed E-state index contributed by atoms with van der Waals surface area (Å²) in [5.41, 5.74) is 1.28. The van der Waals surface area contributed by atoms with Gasteiger partial charge in [-0.25, -0.2) is 0 Å². The monoisotopic (exact) mass is 320 g/mol. The maximum absolute atomic E-state index is 4.23. The first-order chi connectivity index (χ1) is 10.1. The van der Waals surface area contributed by atoms with Crippen molar-refractivity contribution in [1.82, 2.24) is 4.98 Å². The van der Waals surface area contributed by atoms with Crippen molar-refractivity contribution in [3.63, 3.8) is 0 Å². The van der Waals surface area contributed by atoms with Crippen LogP contribution in [0.25, 0.3) is 10.8 Å². The van der Waals surface area contributed by atoms with E-state index in [1.54, 1.807) is 0 Å². The second-order valence-corrected chi connectivity index (χ2v) is 8.15. The van der Waals surface area contributed by atoms with Crippen LogP contribution in [-0.4, -0.2) is 16.5 Å². The highest BCUT2D eigenvalue weighted by molar-refractivity contribution is 8.18. The fourth-order valence-electron chi connectivity index (χ4n) is 1.87. The summed E-state index contributed by atoms with van der Waals surface area (Å²) in [5.74, 6) is 3.64. The van der Waals surface area contributed by atoms with Crippen molar-refractivity contribution in [3.8, 4) is 0 Å². The van der Waals surface area contributed by atoms with E-state index in [0.717, 1.165) is 11.5 Å². The van der Waals surface area contributed by atoms with E-state index >= 15 is 0 Å². The molecule has 0 spiro atoms. The Labute approximate surface area is 137 Å². The molecule has 0 saturated carbocycles. The van der Waals surface area contributed by atoms with Gasteiger partial charge in [-0.05, 0) is 47.9 Å². The molecule has 4 heteroatoms. The molecule has 0 saturated heterocycles. The average molecular weight is 321 g/mol. The van der Waals surface area contributed by atoms with Gasteiger partial charge in [0.2, 0.25) is 0 Å². The quantitative estimate of drug-likeness (QED) is 0.612. The third-order valence-corrected chi connectivity index (χ3v) is 6.03. The van der Waals surface area contributed by atoms with Crippen LogP contribution in [-0.2, 0) is 0 Å². The number of nitrogens with zero attached hydrogens (tertiary/aromatic N) is 2. The van der Waals surface area contributed by atoms with Crippen molar-refractivity contribution < 1.29 is 0 Å². The number of pyridine rings is 1. The molecule has 1 aromatic carbocycles. The number of anilines is 1. The van der Waals surface area contributed by atoms with Crippen LogP contribution in [0.4, 0.5) is 5.69 Å². The molecule has 2 rings (SSSR count). The Kier molecular flexibility index (Phi) is 6.24. The first kappa shape index (κ1) is 16.5. The van der Waals surface area contributed by atoms with Crippen LogP contribution in [0.2, 0.25) is 0 Å². The first-order valence-corrected chi connectivity index (χ1v) is 9.35. The van der Waals surface area contributed by atoms with Crippen LogP contribution in [0, 0.1) is 11.8 Å². The lowest BCUT2D eigenvalue weighted by Gasteiger charge is -2.25. The van der Waals surface area contributed by atoms with Gasteiger partial charge in [0.1, 0.15) is 0 Å². The van der Waals surface area contributed by atoms with Crippen LogP contribution in [0.3, 0.4) is 0 Å². The van der Waals surface area contributed by atoms with Crippen molar-refractivity contribution >= 4 is 40.4 Å². The molecule has 0 aliphatic rings. The Morgan fingerprint density at radius 3 is 2.29 bits per heavy atom. The van der Waals surface area contributed by atoms with Gasteiger partial charge in [0, 0.05) is 34.7 Å². The third-order valence-electron chi connectivity index (χ3n) is 2.90. The SMILES string of the molecule is CC(C)CSN(SCC(C)C)c1cccc2cnccc12. The van der Waals surface area contributed by atoms with Crippen molar-refractivity contribution in [1.29, 1.82) is 0 Å². The molecule has 0 bridgehead atoms. The molecule has 21 heavy (non-hydrogen) atoms. The van der Waals surface area contributed by atoms with E-state index in [9.17, 15) is 0 Å². The molecule has 1 aromatic heterocycles.